The van der Waals surface area contributed by atoms with Gasteiger partial charge in [-0.3, -0.25) is 4.98 Å². The van der Waals surface area contributed by atoms with Crippen LogP contribution in [0.4, 0.5) is 11.5 Å². The van der Waals surface area contributed by atoms with E-state index in [1.54, 1.807) is 13.4 Å². The number of rotatable bonds is 5. The summed E-state index contributed by atoms with van der Waals surface area (Å²) in [4.78, 5) is 23.1. The van der Waals surface area contributed by atoms with Gasteiger partial charge in [-0.05, 0) is 38.0 Å². The van der Waals surface area contributed by atoms with Gasteiger partial charge in [0.1, 0.15) is 11.8 Å². The number of nitrogens with one attached hydrogen (secondary N) is 2. The minimum atomic E-state index is -0.0865. The molecule has 1 aliphatic rings. The van der Waals surface area contributed by atoms with Crippen LogP contribution in [-0.2, 0) is 4.74 Å². The van der Waals surface area contributed by atoms with E-state index in [1.807, 2.05) is 24.4 Å². The highest BCUT2D eigenvalue weighted by molar-refractivity contribution is 6.36. The standard InChI is InChI=1S/C22H24ClN7O/c1-13(29-22-19-21(26-11-25-19)27-12-28-22)16-9-17(23)15-6-3-7-24-18(15)20(16)30-8-4-5-14(10-30)31-2/h3,6-7,9,11-14H,4-5,8,10H2,1-2H3,(H2,25,26,27,28,29). The lowest BCUT2D eigenvalue weighted by atomic mass is 9.98. The second-order valence-electron chi connectivity index (χ2n) is 7.83. The molecule has 0 spiro atoms. The largest absolute Gasteiger partial charge is 0.380 e. The van der Waals surface area contributed by atoms with Crippen LogP contribution in [0, 0.1) is 0 Å². The lowest BCUT2D eigenvalue weighted by molar-refractivity contribution is 0.0893. The number of H-pyrrole nitrogens is 1. The topological polar surface area (TPSA) is 91.8 Å². The van der Waals surface area contributed by atoms with Gasteiger partial charge in [0.15, 0.2) is 11.5 Å². The Hall–Kier alpha value is -2.97. The Labute approximate surface area is 185 Å². The van der Waals surface area contributed by atoms with E-state index in [-0.39, 0.29) is 12.1 Å². The quantitative estimate of drug-likeness (QED) is 0.479. The van der Waals surface area contributed by atoms with Crippen LogP contribution in [0.3, 0.4) is 0 Å². The maximum atomic E-state index is 6.70. The molecule has 8 nitrogen and oxygen atoms in total. The molecule has 0 saturated carbocycles. The molecule has 1 saturated heterocycles. The number of anilines is 2. The number of aromatic nitrogens is 5. The van der Waals surface area contributed by atoms with E-state index < -0.39 is 0 Å². The number of hydrogen-bond acceptors (Lipinski definition) is 7. The van der Waals surface area contributed by atoms with Crippen molar-refractivity contribution in [3.63, 3.8) is 0 Å². The van der Waals surface area contributed by atoms with Crippen molar-refractivity contribution in [2.75, 3.05) is 30.4 Å². The Balaban J connectivity index is 1.61. The van der Waals surface area contributed by atoms with Crippen LogP contribution in [0.5, 0.6) is 0 Å². The lowest BCUT2D eigenvalue weighted by Crippen LogP contribution is -2.40. The van der Waals surface area contributed by atoms with E-state index in [1.165, 1.54) is 6.33 Å². The summed E-state index contributed by atoms with van der Waals surface area (Å²) in [5, 5.41) is 5.14. The molecule has 9 heteroatoms. The van der Waals surface area contributed by atoms with Crippen molar-refractivity contribution in [2.45, 2.75) is 31.9 Å². The van der Waals surface area contributed by atoms with Crippen molar-refractivity contribution in [1.29, 1.82) is 0 Å². The van der Waals surface area contributed by atoms with Crippen LogP contribution in [0.2, 0.25) is 5.02 Å². The molecule has 1 fully saturated rings. The van der Waals surface area contributed by atoms with Gasteiger partial charge in [0.05, 0.1) is 34.7 Å². The summed E-state index contributed by atoms with van der Waals surface area (Å²) in [7, 11) is 1.78. The zero-order chi connectivity index (χ0) is 21.4. The first kappa shape index (κ1) is 20.0. The van der Waals surface area contributed by atoms with Crippen LogP contribution in [0.25, 0.3) is 22.1 Å². The maximum absolute atomic E-state index is 6.70. The average molecular weight is 438 g/mol. The predicted molar refractivity (Wildman–Crippen MR) is 123 cm³/mol. The third-order valence-corrected chi connectivity index (χ3v) is 6.22. The number of methoxy groups -OCH3 is 1. The van der Waals surface area contributed by atoms with E-state index >= 15 is 0 Å². The molecule has 31 heavy (non-hydrogen) atoms. The molecule has 2 atom stereocenters. The van der Waals surface area contributed by atoms with Gasteiger partial charge in [0.25, 0.3) is 0 Å². The molecule has 0 radical (unpaired) electrons. The van der Waals surface area contributed by atoms with Gasteiger partial charge in [-0.1, -0.05) is 11.6 Å². The number of pyridine rings is 1. The van der Waals surface area contributed by atoms with E-state index in [2.05, 4.69) is 37.1 Å². The highest BCUT2D eigenvalue weighted by Gasteiger charge is 2.27. The number of hydrogen-bond donors (Lipinski definition) is 2. The molecule has 3 aromatic heterocycles. The SMILES string of the molecule is COC1CCCN(c2c(C(C)Nc3ncnc4[nH]cnc34)cc(Cl)c3cccnc23)C1. The molecule has 5 rings (SSSR count). The van der Waals surface area contributed by atoms with Crippen molar-refractivity contribution in [1.82, 2.24) is 24.9 Å². The lowest BCUT2D eigenvalue weighted by Gasteiger charge is -2.36. The predicted octanol–water partition coefficient (Wildman–Crippen LogP) is 4.34. The van der Waals surface area contributed by atoms with Gasteiger partial charge < -0.3 is 19.9 Å². The molecule has 0 aliphatic carbocycles. The van der Waals surface area contributed by atoms with Crippen LogP contribution >= 0.6 is 11.6 Å². The molecule has 4 aromatic rings. The molecular formula is C22H24ClN7O. The van der Waals surface area contributed by atoms with Crippen molar-refractivity contribution in [2.24, 2.45) is 0 Å². The Morgan fingerprint density at radius 1 is 1.26 bits per heavy atom. The van der Waals surface area contributed by atoms with Gasteiger partial charge in [0, 0.05) is 37.3 Å². The van der Waals surface area contributed by atoms with Crippen molar-refractivity contribution in [3.8, 4) is 0 Å². The van der Waals surface area contributed by atoms with E-state index in [0.29, 0.717) is 22.0 Å². The van der Waals surface area contributed by atoms with Gasteiger partial charge >= 0.3 is 0 Å². The summed E-state index contributed by atoms with van der Waals surface area (Å²) in [5.74, 6) is 0.676. The number of aromatic amines is 1. The molecule has 2 N–H and O–H groups in total. The molecule has 0 amide bonds. The summed E-state index contributed by atoms with van der Waals surface area (Å²) in [5.41, 5.74) is 4.47. The highest BCUT2D eigenvalue weighted by Crippen LogP contribution is 2.40. The fraction of sp³-hybridized carbons (Fsp3) is 0.364. The number of nitrogens with zero attached hydrogens (tertiary/aromatic N) is 5. The number of benzene rings is 1. The molecule has 160 valence electrons. The van der Waals surface area contributed by atoms with Gasteiger partial charge in [-0.2, -0.15) is 0 Å². The Morgan fingerprint density at radius 3 is 3.03 bits per heavy atom. The van der Waals surface area contributed by atoms with Crippen LogP contribution < -0.4 is 10.2 Å². The zero-order valence-corrected chi connectivity index (χ0v) is 18.2. The minimum absolute atomic E-state index is 0.0865. The summed E-state index contributed by atoms with van der Waals surface area (Å²) in [6.45, 7) is 3.87. The van der Waals surface area contributed by atoms with E-state index in [9.17, 15) is 0 Å². The number of imidazole rings is 1. The first-order valence-electron chi connectivity index (χ1n) is 10.4. The van der Waals surface area contributed by atoms with Crippen molar-refractivity contribution < 1.29 is 4.74 Å². The molecule has 2 unspecified atom stereocenters. The molecule has 4 heterocycles. The van der Waals surface area contributed by atoms with Crippen LogP contribution in [0.1, 0.15) is 31.4 Å². The number of ether oxygens (including phenoxy) is 1. The van der Waals surface area contributed by atoms with Gasteiger partial charge in [-0.15, -0.1) is 0 Å². The fourth-order valence-electron chi connectivity index (χ4n) is 4.36. The van der Waals surface area contributed by atoms with Crippen molar-refractivity contribution >= 4 is 45.2 Å². The monoisotopic (exact) mass is 437 g/mol. The van der Waals surface area contributed by atoms with Crippen molar-refractivity contribution in [3.05, 3.63) is 47.6 Å². The molecule has 1 aliphatic heterocycles. The van der Waals surface area contributed by atoms with Gasteiger partial charge in [0.2, 0.25) is 0 Å². The van der Waals surface area contributed by atoms with E-state index in [4.69, 9.17) is 21.3 Å². The first-order chi connectivity index (χ1) is 15.2. The molecule has 1 aromatic carbocycles. The second kappa shape index (κ2) is 8.28. The fourth-order valence-corrected chi connectivity index (χ4v) is 4.63. The van der Waals surface area contributed by atoms with Crippen LogP contribution in [0.15, 0.2) is 37.1 Å². The molecular weight excluding hydrogens is 414 g/mol. The first-order valence-corrected chi connectivity index (χ1v) is 10.8. The normalized spacial score (nSPS) is 17.9. The number of halogens is 1. The third kappa shape index (κ3) is 3.66. The zero-order valence-electron chi connectivity index (χ0n) is 17.5. The minimum Gasteiger partial charge on any atom is -0.380 e. The van der Waals surface area contributed by atoms with Gasteiger partial charge in [-0.25, -0.2) is 15.0 Å². The Kier molecular flexibility index (Phi) is 5.33. The highest BCUT2D eigenvalue weighted by atomic mass is 35.5. The van der Waals surface area contributed by atoms with E-state index in [0.717, 1.165) is 48.1 Å². The summed E-state index contributed by atoms with van der Waals surface area (Å²) in [6, 6.07) is 5.89. The second-order valence-corrected chi connectivity index (χ2v) is 8.24. The Bertz CT molecular complexity index is 1230. The summed E-state index contributed by atoms with van der Waals surface area (Å²) in [6.07, 6.45) is 7.29. The summed E-state index contributed by atoms with van der Waals surface area (Å²) >= 11 is 6.70. The molecule has 0 bridgehead atoms. The maximum Gasteiger partial charge on any atom is 0.162 e. The Morgan fingerprint density at radius 2 is 2.16 bits per heavy atom. The number of fused-ring (bicyclic) bond motifs is 2. The summed E-state index contributed by atoms with van der Waals surface area (Å²) < 4.78 is 5.68. The smallest absolute Gasteiger partial charge is 0.162 e. The number of piperidine rings is 1. The van der Waals surface area contributed by atoms with Crippen LogP contribution in [-0.4, -0.2) is 51.2 Å². The average Bonchev–Trinajstić information content (AvgIpc) is 3.29. The third-order valence-electron chi connectivity index (χ3n) is 5.91.